The predicted molar refractivity (Wildman–Crippen MR) is 69.5 cm³/mol. The summed E-state index contributed by atoms with van der Waals surface area (Å²) < 4.78 is 25.9. The molecule has 0 spiro atoms. The average molecular weight is 290 g/mol. The van der Waals surface area contributed by atoms with Gasteiger partial charge in [0.1, 0.15) is 0 Å². The van der Waals surface area contributed by atoms with E-state index in [1.807, 2.05) is 0 Å². The molecule has 0 aromatic heterocycles. The molecule has 0 bridgehead atoms. The third kappa shape index (κ3) is 2.68. The fourth-order valence-electron chi connectivity index (χ4n) is 1.43. The lowest BCUT2D eigenvalue weighted by atomic mass is 10.2. The van der Waals surface area contributed by atoms with Gasteiger partial charge < -0.3 is 10.9 Å². The number of hydrogen-bond donors (Lipinski definition) is 3. The van der Waals surface area contributed by atoms with E-state index in [9.17, 15) is 8.42 Å². The second-order valence-corrected chi connectivity index (χ2v) is 6.39. The van der Waals surface area contributed by atoms with Crippen LogP contribution in [0.2, 0.25) is 5.02 Å². The van der Waals surface area contributed by atoms with E-state index in [2.05, 4.69) is 9.88 Å². The highest BCUT2D eigenvalue weighted by atomic mass is 35.5. The van der Waals surface area contributed by atoms with Crippen molar-refractivity contribution >= 4 is 33.1 Å². The van der Waals surface area contributed by atoms with Gasteiger partial charge in [0.15, 0.2) is 5.84 Å². The lowest BCUT2D eigenvalue weighted by Gasteiger charge is -2.09. The molecule has 0 atom stereocenters. The SMILES string of the molecule is N/C(=N/O)c1ccc(NS(=O)(=O)C2CC2)c(Cl)c1. The first-order valence-corrected chi connectivity index (χ1v) is 7.15. The van der Waals surface area contributed by atoms with Gasteiger partial charge in [0.05, 0.1) is 16.0 Å². The fraction of sp³-hybridized carbons (Fsp3) is 0.300. The number of nitrogens with two attached hydrogens (primary N) is 1. The van der Waals surface area contributed by atoms with Gasteiger partial charge in [-0.05, 0) is 31.0 Å². The highest BCUT2D eigenvalue weighted by Gasteiger charge is 2.36. The Kier molecular flexibility index (Phi) is 3.36. The molecular formula is C10H12ClN3O3S. The molecule has 2 rings (SSSR count). The van der Waals surface area contributed by atoms with Crippen molar-refractivity contribution in [3.05, 3.63) is 28.8 Å². The quantitative estimate of drug-likeness (QED) is 0.337. The Balaban J connectivity index is 2.25. The van der Waals surface area contributed by atoms with Crippen molar-refractivity contribution in [2.45, 2.75) is 18.1 Å². The molecule has 6 nitrogen and oxygen atoms in total. The van der Waals surface area contributed by atoms with Crippen LogP contribution in [0.15, 0.2) is 23.4 Å². The maximum atomic E-state index is 11.7. The number of anilines is 1. The zero-order chi connectivity index (χ0) is 13.3. The molecule has 0 unspecified atom stereocenters. The van der Waals surface area contributed by atoms with Crippen LogP contribution in [0.4, 0.5) is 5.69 Å². The molecule has 1 aliphatic carbocycles. The minimum Gasteiger partial charge on any atom is -0.409 e. The topological polar surface area (TPSA) is 105 Å². The highest BCUT2D eigenvalue weighted by Crippen LogP contribution is 2.32. The van der Waals surface area contributed by atoms with Crippen molar-refractivity contribution in [1.82, 2.24) is 0 Å². The standard InChI is InChI=1S/C10H12ClN3O3S/c11-8-5-6(10(12)13-15)1-4-9(8)14-18(16,17)7-2-3-7/h1,4-5,7,14-15H,2-3H2,(H2,12,13). The molecule has 4 N–H and O–H groups in total. The highest BCUT2D eigenvalue weighted by molar-refractivity contribution is 7.93. The van der Waals surface area contributed by atoms with E-state index in [4.69, 9.17) is 22.5 Å². The van der Waals surface area contributed by atoms with Crippen LogP contribution in [-0.4, -0.2) is 24.7 Å². The molecule has 0 amide bonds. The van der Waals surface area contributed by atoms with E-state index in [-0.39, 0.29) is 21.8 Å². The maximum absolute atomic E-state index is 11.7. The number of oxime groups is 1. The van der Waals surface area contributed by atoms with E-state index in [0.29, 0.717) is 18.4 Å². The summed E-state index contributed by atoms with van der Waals surface area (Å²) in [5.74, 6) is -0.0894. The van der Waals surface area contributed by atoms with Gasteiger partial charge in [0.25, 0.3) is 0 Å². The van der Waals surface area contributed by atoms with Crippen LogP contribution in [0.5, 0.6) is 0 Å². The van der Waals surface area contributed by atoms with E-state index >= 15 is 0 Å². The van der Waals surface area contributed by atoms with Gasteiger partial charge in [-0.3, -0.25) is 4.72 Å². The van der Waals surface area contributed by atoms with E-state index < -0.39 is 10.0 Å². The molecule has 8 heteroatoms. The van der Waals surface area contributed by atoms with Gasteiger partial charge in [-0.2, -0.15) is 0 Å². The molecule has 1 aromatic rings. The summed E-state index contributed by atoms with van der Waals surface area (Å²) >= 11 is 5.94. The summed E-state index contributed by atoms with van der Waals surface area (Å²) in [5, 5.41) is 11.2. The zero-order valence-electron chi connectivity index (χ0n) is 9.30. The smallest absolute Gasteiger partial charge is 0.235 e. The van der Waals surface area contributed by atoms with E-state index in [1.165, 1.54) is 18.2 Å². The Morgan fingerprint density at radius 1 is 1.50 bits per heavy atom. The maximum Gasteiger partial charge on any atom is 0.235 e. The number of nitrogens with zero attached hydrogens (tertiary/aromatic N) is 1. The number of amidine groups is 1. The molecule has 0 saturated heterocycles. The summed E-state index contributed by atoms with van der Waals surface area (Å²) in [6, 6.07) is 4.43. The lowest BCUT2D eigenvalue weighted by Crippen LogP contribution is -2.18. The molecule has 98 valence electrons. The second kappa shape index (κ2) is 4.66. The van der Waals surface area contributed by atoms with Crippen LogP contribution in [0, 0.1) is 0 Å². The van der Waals surface area contributed by atoms with Crippen LogP contribution in [0.3, 0.4) is 0 Å². The first kappa shape index (κ1) is 13.0. The molecule has 1 aromatic carbocycles. The number of hydrogen-bond acceptors (Lipinski definition) is 4. The summed E-state index contributed by atoms with van der Waals surface area (Å²) in [6.07, 6.45) is 1.35. The van der Waals surface area contributed by atoms with Crippen LogP contribution >= 0.6 is 11.6 Å². The predicted octanol–water partition coefficient (Wildman–Crippen LogP) is 1.34. The third-order valence-corrected chi connectivity index (χ3v) is 4.75. The van der Waals surface area contributed by atoms with Crippen molar-refractivity contribution < 1.29 is 13.6 Å². The normalized spacial score (nSPS) is 16.6. The van der Waals surface area contributed by atoms with Crippen LogP contribution in [0.25, 0.3) is 0 Å². The number of halogens is 1. The first-order chi connectivity index (χ1) is 8.44. The van der Waals surface area contributed by atoms with E-state index in [1.54, 1.807) is 0 Å². The number of rotatable bonds is 4. The van der Waals surface area contributed by atoms with Gasteiger partial charge >= 0.3 is 0 Å². The Bertz CT molecular complexity index is 596. The summed E-state index contributed by atoms with van der Waals surface area (Å²) in [7, 11) is -3.35. The van der Waals surface area contributed by atoms with E-state index in [0.717, 1.165) is 0 Å². The molecule has 0 heterocycles. The van der Waals surface area contributed by atoms with Crippen molar-refractivity contribution in [2.75, 3.05) is 4.72 Å². The van der Waals surface area contributed by atoms with Crippen molar-refractivity contribution in [2.24, 2.45) is 10.9 Å². The van der Waals surface area contributed by atoms with Gasteiger partial charge in [0, 0.05) is 5.56 Å². The van der Waals surface area contributed by atoms with Gasteiger partial charge in [-0.15, -0.1) is 0 Å². The monoisotopic (exact) mass is 289 g/mol. The van der Waals surface area contributed by atoms with Crippen LogP contribution < -0.4 is 10.5 Å². The Morgan fingerprint density at radius 3 is 2.67 bits per heavy atom. The van der Waals surface area contributed by atoms with Gasteiger partial charge in [0.2, 0.25) is 10.0 Å². The fourth-order valence-corrected chi connectivity index (χ4v) is 3.12. The third-order valence-electron chi connectivity index (χ3n) is 2.59. The first-order valence-electron chi connectivity index (χ1n) is 5.23. The number of nitrogens with one attached hydrogen (secondary N) is 1. The summed E-state index contributed by atoms with van der Waals surface area (Å²) in [5.41, 5.74) is 6.11. The zero-order valence-corrected chi connectivity index (χ0v) is 10.9. The molecule has 0 aliphatic heterocycles. The Labute approximate surface area is 109 Å². The Morgan fingerprint density at radius 2 is 2.17 bits per heavy atom. The molecule has 18 heavy (non-hydrogen) atoms. The lowest BCUT2D eigenvalue weighted by molar-refractivity contribution is 0.318. The molecule has 0 radical (unpaired) electrons. The largest absolute Gasteiger partial charge is 0.409 e. The van der Waals surface area contributed by atoms with Crippen LogP contribution in [0.1, 0.15) is 18.4 Å². The summed E-state index contributed by atoms with van der Waals surface area (Å²) in [6.45, 7) is 0. The van der Waals surface area contributed by atoms with Crippen molar-refractivity contribution in [3.63, 3.8) is 0 Å². The number of benzene rings is 1. The van der Waals surface area contributed by atoms with Gasteiger partial charge in [-0.25, -0.2) is 8.42 Å². The average Bonchev–Trinajstić information content (AvgIpc) is 3.14. The molecular weight excluding hydrogens is 278 g/mol. The van der Waals surface area contributed by atoms with Gasteiger partial charge in [-0.1, -0.05) is 16.8 Å². The minimum atomic E-state index is -3.35. The Hall–Kier alpha value is -1.47. The van der Waals surface area contributed by atoms with Crippen molar-refractivity contribution in [1.29, 1.82) is 0 Å². The molecule has 1 fully saturated rings. The minimum absolute atomic E-state index is 0.0894. The second-order valence-electron chi connectivity index (χ2n) is 4.03. The summed E-state index contributed by atoms with van der Waals surface area (Å²) in [4.78, 5) is 0. The van der Waals surface area contributed by atoms with Crippen molar-refractivity contribution in [3.8, 4) is 0 Å². The number of sulfonamides is 1. The molecule has 1 aliphatic rings. The van der Waals surface area contributed by atoms with Crippen LogP contribution in [-0.2, 0) is 10.0 Å². The molecule has 1 saturated carbocycles.